The molecule has 3 nitrogen and oxygen atoms in total. The molecule has 0 bridgehead atoms. The third-order valence-electron chi connectivity index (χ3n) is 2.34. The number of hydrogen-bond donors (Lipinski definition) is 1. The van der Waals surface area contributed by atoms with E-state index in [1.54, 1.807) is 0 Å². The number of aromatic nitrogens is 2. The lowest BCUT2D eigenvalue weighted by Crippen LogP contribution is -2.04. The number of nitrogens with one attached hydrogen (secondary N) is 1. The van der Waals surface area contributed by atoms with Gasteiger partial charge in [0.2, 0.25) is 5.95 Å². The number of halogens is 1. The fourth-order valence-corrected chi connectivity index (χ4v) is 2.10. The normalized spacial score (nSPS) is 10.3. The Kier molecular flexibility index (Phi) is 3.74. The zero-order chi connectivity index (χ0) is 12.3. The molecular formula is C13H14BrN3. The lowest BCUT2D eigenvalue weighted by atomic mass is 10.1. The van der Waals surface area contributed by atoms with Crippen LogP contribution in [0.25, 0.3) is 11.3 Å². The molecule has 0 aliphatic rings. The largest absolute Gasteiger partial charge is 0.354 e. The summed E-state index contributed by atoms with van der Waals surface area (Å²) < 4.78 is 1.04. The summed E-state index contributed by atoms with van der Waals surface area (Å²) in [5.41, 5.74) is 2.97. The first-order valence-electron chi connectivity index (χ1n) is 5.55. The van der Waals surface area contributed by atoms with Crippen LogP contribution in [0.4, 0.5) is 5.95 Å². The minimum Gasteiger partial charge on any atom is -0.354 e. The summed E-state index contributed by atoms with van der Waals surface area (Å²) in [5, 5.41) is 3.14. The van der Waals surface area contributed by atoms with E-state index in [2.05, 4.69) is 31.2 Å². The van der Waals surface area contributed by atoms with Gasteiger partial charge in [-0.3, -0.25) is 0 Å². The molecule has 1 heterocycles. The number of benzene rings is 1. The van der Waals surface area contributed by atoms with Crippen molar-refractivity contribution in [3.63, 3.8) is 0 Å². The molecule has 0 unspecified atom stereocenters. The quantitative estimate of drug-likeness (QED) is 0.938. The highest BCUT2D eigenvalue weighted by molar-refractivity contribution is 9.10. The summed E-state index contributed by atoms with van der Waals surface area (Å²) >= 11 is 3.54. The van der Waals surface area contributed by atoms with Crippen LogP contribution in [-0.2, 0) is 0 Å². The van der Waals surface area contributed by atoms with Crippen LogP contribution < -0.4 is 5.32 Å². The maximum Gasteiger partial charge on any atom is 0.223 e. The molecule has 2 rings (SSSR count). The van der Waals surface area contributed by atoms with Gasteiger partial charge in [0, 0.05) is 22.3 Å². The fraction of sp³-hybridized carbons (Fsp3) is 0.231. The smallest absolute Gasteiger partial charge is 0.223 e. The summed E-state index contributed by atoms with van der Waals surface area (Å²) in [5.74, 6) is 0.679. The molecule has 0 saturated carbocycles. The van der Waals surface area contributed by atoms with Crippen LogP contribution in [0.3, 0.4) is 0 Å². The Balaban J connectivity index is 2.48. The van der Waals surface area contributed by atoms with Gasteiger partial charge in [0.1, 0.15) is 0 Å². The molecule has 1 N–H and O–H groups in total. The molecule has 0 fully saturated rings. The summed E-state index contributed by atoms with van der Waals surface area (Å²) in [6.45, 7) is 4.82. The highest BCUT2D eigenvalue weighted by Crippen LogP contribution is 2.27. The third kappa shape index (κ3) is 2.82. The van der Waals surface area contributed by atoms with Gasteiger partial charge in [-0.1, -0.05) is 34.1 Å². The standard InChI is InChI=1S/C13H14BrN3/c1-3-15-13-16-9(2)8-12(17-13)10-6-4-5-7-11(10)14/h4-8H,3H2,1-2H3,(H,15,16,17). The first kappa shape index (κ1) is 12.0. The van der Waals surface area contributed by atoms with Crippen molar-refractivity contribution < 1.29 is 0 Å². The van der Waals surface area contributed by atoms with Gasteiger partial charge in [-0.25, -0.2) is 9.97 Å². The summed E-state index contributed by atoms with van der Waals surface area (Å²) in [7, 11) is 0. The summed E-state index contributed by atoms with van der Waals surface area (Å²) in [6, 6.07) is 10.0. The van der Waals surface area contributed by atoms with Gasteiger partial charge in [0.25, 0.3) is 0 Å². The van der Waals surface area contributed by atoms with Crippen molar-refractivity contribution in [1.29, 1.82) is 0 Å². The molecular weight excluding hydrogens is 278 g/mol. The summed E-state index contributed by atoms with van der Waals surface area (Å²) in [4.78, 5) is 8.84. The topological polar surface area (TPSA) is 37.8 Å². The van der Waals surface area contributed by atoms with Crippen LogP contribution in [0.1, 0.15) is 12.6 Å². The Morgan fingerprint density at radius 1 is 1.24 bits per heavy atom. The van der Waals surface area contributed by atoms with Crippen molar-refractivity contribution >= 4 is 21.9 Å². The molecule has 0 amide bonds. The first-order valence-corrected chi connectivity index (χ1v) is 6.34. The zero-order valence-electron chi connectivity index (χ0n) is 9.87. The van der Waals surface area contributed by atoms with Crippen LogP contribution in [0.15, 0.2) is 34.8 Å². The van der Waals surface area contributed by atoms with E-state index in [0.717, 1.165) is 28.0 Å². The van der Waals surface area contributed by atoms with Crippen LogP contribution in [-0.4, -0.2) is 16.5 Å². The van der Waals surface area contributed by atoms with E-state index in [-0.39, 0.29) is 0 Å². The van der Waals surface area contributed by atoms with E-state index < -0.39 is 0 Å². The molecule has 17 heavy (non-hydrogen) atoms. The van der Waals surface area contributed by atoms with Crippen LogP contribution >= 0.6 is 15.9 Å². The monoisotopic (exact) mass is 291 g/mol. The highest BCUT2D eigenvalue weighted by Gasteiger charge is 2.06. The molecule has 1 aromatic heterocycles. The van der Waals surface area contributed by atoms with Gasteiger partial charge in [0.05, 0.1) is 5.69 Å². The van der Waals surface area contributed by atoms with E-state index in [1.165, 1.54) is 0 Å². The van der Waals surface area contributed by atoms with Crippen LogP contribution in [0, 0.1) is 6.92 Å². The molecule has 2 aromatic rings. The SMILES string of the molecule is CCNc1nc(C)cc(-c2ccccc2Br)n1. The average molecular weight is 292 g/mol. The predicted molar refractivity (Wildman–Crippen MR) is 74.1 cm³/mol. The minimum atomic E-state index is 0.679. The Morgan fingerprint density at radius 2 is 2.00 bits per heavy atom. The van der Waals surface area contributed by atoms with Crippen molar-refractivity contribution in [2.45, 2.75) is 13.8 Å². The molecule has 0 atom stereocenters. The number of rotatable bonds is 3. The first-order chi connectivity index (χ1) is 8.20. The Morgan fingerprint density at radius 3 is 2.71 bits per heavy atom. The van der Waals surface area contributed by atoms with Gasteiger partial charge in [-0.15, -0.1) is 0 Å². The Bertz CT molecular complexity index is 526. The molecule has 0 aliphatic heterocycles. The average Bonchev–Trinajstić information content (AvgIpc) is 2.29. The number of nitrogens with zero attached hydrogens (tertiary/aromatic N) is 2. The van der Waals surface area contributed by atoms with Crippen molar-refractivity contribution in [1.82, 2.24) is 9.97 Å². The van der Waals surface area contributed by atoms with Crippen LogP contribution in [0.2, 0.25) is 0 Å². The van der Waals surface area contributed by atoms with E-state index in [4.69, 9.17) is 0 Å². The van der Waals surface area contributed by atoms with Crippen molar-refractivity contribution in [3.05, 3.63) is 40.5 Å². The van der Waals surface area contributed by atoms with Gasteiger partial charge in [-0.05, 0) is 26.0 Å². The van der Waals surface area contributed by atoms with Gasteiger partial charge in [0.15, 0.2) is 0 Å². The van der Waals surface area contributed by atoms with Gasteiger partial charge >= 0.3 is 0 Å². The van der Waals surface area contributed by atoms with Crippen molar-refractivity contribution in [2.24, 2.45) is 0 Å². The maximum atomic E-state index is 4.50. The predicted octanol–water partition coefficient (Wildman–Crippen LogP) is 3.65. The molecule has 88 valence electrons. The molecule has 0 radical (unpaired) electrons. The number of hydrogen-bond acceptors (Lipinski definition) is 3. The Labute approximate surface area is 109 Å². The molecule has 0 spiro atoms. The fourth-order valence-electron chi connectivity index (χ4n) is 1.61. The second kappa shape index (κ2) is 5.27. The Hall–Kier alpha value is -1.42. The minimum absolute atomic E-state index is 0.679. The lowest BCUT2D eigenvalue weighted by Gasteiger charge is -2.08. The third-order valence-corrected chi connectivity index (χ3v) is 3.03. The lowest BCUT2D eigenvalue weighted by molar-refractivity contribution is 1.05. The van der Waals surface area contributed by atoms with E-state index in [0.29, 0.717) is 5.95 Å². The molecule has 4 heteroatoms. The highest BCUT2D eigenvalue weighted by atomic mass is 79.9. The van der Waals surface area contributed by atoms with Crippen LogP contribution in [0.5, 0.6) is 0 Å². The van der Waals surface area contributed by atoms with Crippen molar-refractivity contribution in [3.8, 4) is 11.3 Å². The second-order valence-electron chi connectivity index (χ2n) is 3.73. The summed E-state index contributed by atoms with van der Waals surface area (Å²) in [6.07, 6.45) is 0. The molecule has 0 aliphatic carbocycles. The second-order valence-corrected chi connectivity index (χ2v) is 4.58. The van der Waals surface area contributed by atoms with Crippen molar-refractivity contribution in [2.75, 3.05) is 11.9 Å². The molecule has 0 saturated heterocycles. The van der Waals surface area contributed by atoms with Gasteiger partial charge < -0.3 is 5.32 Å². The van der Waals surface area contributed by atoms with E-state index >= 15 is 0 Å². The van der Waals surface area contributed by atoms with E-state index in [9.17, 15) is 0 Å². The maximum absolute atomic E-state index is 4.50. The zero-order valence-corrected chi connectivity index (χ0v) is 11.5. The molecule has 1 aromatic carbocycles. The number of anilines is 1. The number of aryl methyl sites for hydroxylation is 1. The van der Waals surface area contributed by atoms with Gasteiger partial charge in [-0.2, -0.15) is 0 Å². The van der Waals surface area contributed by atoms with E-state index in [1.807, 2.05) is 44.2 Å².